The van der Waals surface area contributed by atoms with E-state index in [0.29, 0.717) is 17.6 Å². The molecule has 11 heteroatoms. The van der Waals surface area contributed by atoms with Crippen molar-refractivity contribution in [3.63, 3.8) is 0 Å². The van der Waals surface area contributed by atoms with Gasteiger partial charge in [0.15, 0.2) is 0 Å². The van der Waals surface area contributed by atoms with Crippen LogP contribution in [0.25, 0.3) is 0 Å². The normalized spacial score (nSPS) is 17.7. The zero-order valence-corrected chi connectivity index (χ0v) is 20.5. The average Bonchev–Trinajstić information content (AvgIpc) is 3.71. The van der Waals surface area contributed by atoms with Gasteiger partial charge in [0.1, 0.15) is 17.8 Å². The third kappa shape index (κ3) is 6.97. The number of benzene rings is 1. The Hall–Kier alpha value is -2.60. The molecule has 1 atom stereocenters. The van der Waals surface area contributed by atoms with Crippen molar-refractivity contribution in [3.8, 4) is 0 Å². The lowest BCUT2D eigenvalue weighted by molar-refractivity contribution is 0.0988. The van der Waals surface area contributed by atoms with Gasteiger partial charge in [-0.05, 0) is 55.9 Å². The highest BCUT2D eigenvalue weighted by Gasteiger charge is 2.30. The van der Waals surface area contributed by atoms with E-state index in [0.717, 1.165) is 25.2 Å². The second-order valence-electron chi connectivity index (χ2n) is 9.32. The minimum Gasteiger partial charge on any atom is -0.394 e. The van der Waals surface area contributed by atoms with Crippen LogP contribution in [0.3, 0.4) is 0 Å². The number of nitrogens with one attached hydrogen (secondary N) is 2. The summed E-state index contributed by atoms with van der Waals surface area (Å²) >= 11 is 0. The van der Waals surface area contributed by atoms with Crippen molar-refractivity contribution >= 4 is 27.4 Å². The first kappa shape index (κ1) is 25.5. The van der Waals surface area contributed by atoms with Crippen LogP contribution < -0.4 is 14.9 Å². The minimum absolute atomic E-state index is 0.0202. The molecule has 0 saturated heterocycles. The summed E-state index contributed by atoms with van der Waals surface area (Å²) in [6.07, 6.45) is 8.71. The van der Waals surface area contributed by atoms with Crippen molar-refractivity contribution in [3.05, 3.63) is 42.4 Å². The fraction of sp³-hybridized carbons (Fsp3) is 0.542. The number of sulfonamides is 1. The van der Waals surface area contributed by atoms with Gasteiger partial charge in [0.05, 0.1) is 17.6 Å². The number of hydrogen-bond acceptors (Lipinski definition) is 8. The lowest BCUT2D eigenvalue weighted by atomic mass is 9.94. The predicted molar refractivity (Wildman–Crippen MR) is 132 cm³/mol. The largest absolute Gasteiger partial charge is 0.394 e. The van der Waals surface area contributed by atoms with Crippen molar-refractivity contribution < 1.29 is 23.4 Å². The molecule has 0 radical (unpaired) electrons. The molecule has 0 bridgehead atoms. The lowest BCUT2D eigenvalue weighted by Crippen LogP contribution is -2.39. The van der Waals surface area contributed by atoms with Gasteiger partial charge in [0, 0.05) is 30.9 Å². The number of nitrogens with zero attached hydrogens (tertiary/aromatic N) is 3. The Morgan fingerprint density at radius 2 is 1.80 bits per heavy atom. The summed E-state index contributed by atoms with van der Waals surface area (Å²) in [5.41, 5.74) is 0.676. The molecule has 190 valence electrons. The summed E-state index contributed by atoms with van der Waals surface area (Å²) in [6, 6.07) is 7.86. The molecule has 2 aliphatic carbocycles. The van der Waals surface area contributed by atoms with Gasteiger partial charge in [0.2, 0.25) is 10.0 Å². The maximum absolute atomic E-state index is 12.9. The van der Waals surface area contributed by atoms with E-state index in [9.17, 15) is 18.3 Å². The SMILES string of the molecule is O=C(Nc1ccc(S(=O)(=O)NCC(O)CO)cc1)c1cc(N(CC2CC2)C2CCCCC2)ncn1. The Labute approximate surface area is 205 Å². The standard InChI is InChI=1S/C24H33N5O5S/c30-15-20(31)13-27-35(33,34)21-10-8-18(9-11-21)28-24(32)22-12-23(26-16-25-22)29(14-17-6-7-17)19-4-2-1-3-5-19/h8-12,16-17,19-20,27,30-31H,1-7,13-15H2,(H,28,32). The molecule has 2 aromatic rings. The van der Waals surface area contributed by atoms with Crippen LogP contribution in [0.15, 0.2) is 41.6 Å². The van der Waals surface area contributed by atoms with E-state index in [-0.39, 0.29) is 17.1 Å². The van der Waals surface area contributed by atoms with Crippen LogP contribution in [0.1, 0.15) is 55.4 Å². The number of rotatable bonds is 11. The van der Waals surface area contributed by atoms with Gasteiger partial charge in [-0.1, -0.05) is 19.3 Å². The Kier molecular flexibility index (Phi) is 8.32. The molecule has 1 aromatic heterocycles. The van der Waals surface area contributed by atoms with Gasteiger partial charge in [-0.2, -0.15) is 0 Å². The van der Waals surface area contributed by atoms with Crippen molar-refractivity contribution in [2.75, 3.05) is 29.9 Å². The number of anilines is 2. The molecule has 35 heavy (non-hydrogen) atoms. The predicted octanol–water partition coefficient (Wildman–Crippen LogP) is 1.91. The second kappa shape index (κ2) is 11.4. The Morgan fingerprint density at radius 1 is 1.09 bits per heavy atom. The minimum atomic E-state index is -3.85. The van der Waals surface area contributed by atoms with E-state index >= 15 is 0 Å². The Morgan fingerprint density at radius 3 is 2.46 bits per heavy atom. The molecule has 10 nitrogen and oxygen atoms in total. The topological polar surface area (TPSA) is 145 Å². The van der Waals surface area contributed by atoms with Crippen LogP contribution in [0, 0.1) is 5.92 Å². The molecular weight excluding hydrogens is 470 g/mol. The number of hydrogen-bond donors (Lipinski definition) is 4. The van der Waals surface area contributed by atoms with E-state index < -0.39 is 28.6 Å². The van der Waals surface area contributed by atoms with Gasteiger partial charge in [-0.15, -0.1) is 0 Å². The van der Waals surface area contributed by atoms with Crippen LogP contribution in [-0.4, -0.2) is 66.3 Å². The van der Waals surface area contributed by atoms with E-state index in [2.05, 4.69) is 24.9 Å². The maximum Gasteiger partial charge on any atom is 0.274 e. The van der Waals surface area contributed by atoms with Gasteiger partial charge >= 0.3 is 0 Å². The maximum atomic E-state index is 12.9. The Balaban J connectivity index is 1.43. The van der Waals surface area contributed by atoms with E-state index in [1.54, 1.807) is 6.07 Å². The third-order valence-corrected chi connectivity index (χ3v) is 7.93. The van der Waals surface area contributed by atoms with Gasteiger partial charge in [-0.25, -0.2) is 23.1 Å². The number of aromatic nitrogens is 2. The van der Waals surface area contributed by atoms with E-state index in [4.69, 9.17) is 5.11 Å². The lowest BCUT2D eigenvalue weighted by Gasteiger charge is -2.35. The van der Waals surface area contributed by atoms with Crippen LogP contribution >= 0.6 is 0 Å². The molecular formula is C24H33N5O5S. The third-order valence-electron chi connectivity index (χ3n) is 6.49. The fourth-order valence-electron chi connectivity index (χ4n) is 4.30. The first-order valence-corrected chi connectivity index (χ1v) is 13.6. The first-order chi connectivity index (χ1) is 16.9. The zero-order valence-electron chi connectivity index (χ0n) is 19.6. The van der Waals surface area contributed by atoms with Gasteiger partial charge < -0.3 is 20.4 Å². The van der Waals surface area contributed by atoms with Crippen LogP contribution in [0.4, 0.5) is 11.5 Å². The summed E-state index contributed by atoms with van der Waals surface area (Å²) in [4.78, 5) is 23.9. The molecule has 1 aromatic carbocycles. The zero-order chi connectivity index (χ0) is 24.8. The van der Waals surface area contributed by atoms with Crippen molar-refractivity contribution in [2.24, 2.45) is 5.92 Å². The smallest absolute Gasteiger partial charge is 0.274 e. The molecule has 4 N–H and O–H groups in total. The van der Waals surface area contributed by atoms with E-state index in [1.165, 1.54) is 62.7 Å². The quantitative estimate of drug-likeness (QED) is 0.364. The molecule has 4 rings (SSSR count). The first-order valence-electron chi connectivity index (χ1n) is 12.1. The van der Waals surface area contributed by atoms with E-state index in [1.807, 2.05) is 0 Å². The molecule has 1 unspecified atom stereocenters. The number of aliphatic hydroxyl groups is 2. The molecule has 1 amide bonds. The molecule has 1 heterocycles. The number of aliphatic hydroxyl groups excluding tert-OH is 2. The Bertz CT molecular complexity index is 1100. The van der Waals surface area contributed by atoms with Crippen molar-refractivity contribution in [1.82, 2.24) is 14.7 Å². The summed E-state index contributed by atoms with van der Waals surface area (Å²) < 4.78 is 26.8. The average molecular weight is 504 g/mol. The molecule has 0 aliphatic heterocycles. The number of amides is 1. The number of carbonyl (C=O) groups excluding carboxylic acids is 1. The highest BCUT2D eigenvalue weighted by Crippen LogP contribution is 2.34. The van der Waals surface area contributed by atoms with Crippen molar-refractivity contribution in [1.29, 1.82) is 0 Å². The van der Waals surface area contributed by atoms with Crippen molar-refractivity contribution in [2.45, 2.75) is 62.0 Å². The summed E-state index contributed by atoms with van der Waals surface area (Å²) in [6.45, 7) is 0.116. The molecule has 0 spiro atoms. The highest BCUT2D eigenvalue weighted by molar-refractivity contribution is 7.89. The second-order valence-corrected chi connectivity index (χ2v) is 11.1. The molecule has 2 aliphatic rings. The van der Waals surface area contributed by atoms with Crippen LogP contribution in [0.5, 0.6) is 0 Å². The molecule has 2 saturated carbocycles. The summed E-state index contributed by atoms with van der Waals surface area (Å²) in [7, 11) is -3.85. The fourth-order valence-corrected chi connectivity index (χ4v) is 5.37. The highest BCUT2D eigenvalue weighted by atomic mass is 32.2. The van der Waals surface area contributed by atoms with Gasteiger partial charge in [0.25, 0.3) is 5.91 Å². The van der Waals surface area contributed by atoms with Crippen LogP contribution in [-0.2, 0) is 10.0 Å². The van der Waals surface area contributed by atoms with Gasteiger partial charge in [-0.3, -0.25) is 4.79 Å². The number of carbonyl (C=O) groups is 1. The molecule has 2 fully saturated rings. The van der Waals surface area contributed by atoms with Crippen LogP contribution in [0.2, 0.25) is 0 Å². The summed E-state index contributed by atoms with van der Waals surface area (Å²) in [5, 5.41) is 20.9. The monoisotopic (exact) mass is 503 g/mol. The summed E-state index contributed by atoms with van der Waals surface area (Å²) in [5.74, 6) is 1.07.